The van der Waals surface area contributed by atoms with E-state index in [1.54, 1.807) is 7.11 Å². The van der Waals surface area contributed by atoms with Gasteiger partial charge < -0.3 is 15.0 Å². The molecule has 0 saturated heterocycles. The Hall–Kier alpha value is -1.59. The van der Waals surface area contributed by atoms with Crippen molar-refractivity contribution in [3.05, 3.63) is 0 Å². The smallest absolute Gasteiger partial charge is 0.322 e. The lowest BCUT2D eigenvalue weighted by molar-refractivity contribution is 0.379. The van der Waals surface area contributed by atoms with Crippen molar-refractivity contribution in [3.63, 3.8) is 0 Å². The summed E-state index contributed by atoms with van der Waals surface area (Å²) in [4.78, 5) is 14.8. The number of aromatic nitrogens is 3. The molecule has 0 radical (unpaired) electrons. The molecule has 0 bridgehead atoms. The second kappa shape index (κ2) is 5.16. The Bertz CT molecular complexity index is 380. The van der Waals surface area contributed by atoms with E-state index in [2.05, 4.69) is 25.2 Å². The van der Waals surface area contributed by atoms with Crippen LogP contribution in [0.3, 0.4) is 0 Å². The molecule has 1 heterocycles. The van der Waals surface area contributed by atoms with Gasteiger partial charge in [-0.1, -0.05) is 0 Å². The molecule has 1 N–H and O–H groups in total. The van der Waals surface area contributed by atoms with E-state index in [0.29, 0.717) is 17.9 Å². The lowest BCUT2D eigenvalue weighted by Crippen LogP contribution is -2.23. The van der Waals surface area contributed by atoms with Gasteiger partial charge in [-0.15, -0.1) is 0 Å². The van der Waals surface area contributed by atoms with Crippen molar-refractivity contribution in [3.8, 4) is 6.01 Å². The minimum atomic E-state index is 0.355. The molecule has 6 nitrogen and oxygen atoms in total. The molecule has 1 aliphatic rings. The maximum Gasteiger partial charge on any atom is 0.322 e. The van der Waals surface area contributed by atoms with Crippen LogP contribution in [0.15, 0.2) is 0 Å². The molecule has 1 aromatic heterocycles. The van der Waals surface area contributed by atoms with Crippen LogP contribution in [0.25, 0.3) is 0 Å². The Morgan fingerprint density at radius 3 is 2.71 bits per heavy atom. The van der Waals surface area contributed by atoms with Gasteiger partial charge in [0.1, 0.15) is 0 Å². The second-order valence-corrected chi connectivity index (χ2v) is 4.30. The Morgan fingerprint density at radius 1 is 1.35 bits per heavy atom. The molecule has 17 heavy (non-hydrogen) atoms. The molecule has 1 aliphatic carbocycles. The zero-order valence-corrected chi connectivity index (χ0v) is 10.6. The molecule has 0 aromatic carbocycles. The number of nitrogens with zero attached hydrogens (tertiary/aromatic N) is 4. The molecule has 1 saturated carbocycles. The fourth-order valence-corrected chi connectivity index (χ4v) is 1.61. The Morgan fingerprint density at radius 2 is 2.12 bits per heavy atom. The molecular formula is C11H19N5O. The number of nitrogens with one attached hydrogen (secondary N) is 1. The second-order valence-electron chi connectivity index (χ2n) is 4.30. The van der Waals surface area contributed by atoms with E-state index in [-0.39, 0.29) is 0 Å². The van der Waals surface area contributed by atoms with Crippen LogP contribution in [-0.2, 0) is 0 Å². The third-order valence-corrected chi connectivity index (χ3v) is 2.69. The summed E-state index contributed by atoms with van der Waals surface area (Å²) < 4.78 is 5.08. The van der Waals surface area contributed by atoms with Crippen molar-refractivity contribution >= 4 is 11.9 Å². The molecule has 0 amide bonds. The van der Waals surface area contributed by atoms with E-state index in [1.807, 2.05) is 14.0 Å². The summed E-state index contributed by atoms with van der Waals surface area (Å²) in [5.41, 5.74) is 0. The standard InChI is InChI=1S/C11H19N5O/c1-4-12-9-13-10(15-11(14-9)17-3)16(2)7-8-5-6-8/h8H,4-7H2,1-3H3,(H,12,13,14,15). The Labute approximate surface area is 101 Å². The summed E-state index contributed by atoms with van der Waals surface area (Å²) in [7, 11) is 3.57. The van der Waals surface area contributed by atoms with Crippen molar-refractivity contribution in [2.24, 2.45) is 5.92 Å². The summed E-state index contributed by atoms with van der Waals surface area (Å²) in [6.07, 6.45) is 2.62. The van der Waals surface area contributed by atoms with E-state index < -0.39 is 0 Å². The summed E-state index contributed by atoms with van der Waals surface area (Å²) in [6.45, 7) is 3.78. The van der Waals surface area contributed by atoms with E-state index in [0.717, 1.165) is 19.0 Å². The maximum absolute atomic E-state index is 5.08. The first-order valence-electron chi connectivity index (χ1n) is 5.98. The zero-order chi connectivity index (χ0) is 12.3. The first-order valence-corrected chi connectivity index (χ1v) is 5.98. The van der Waals surface area contributed by atoms with E-state index in [9.17, 15) is 0 Å². The highest BCUT2D eigenvalue weighted by Crippen LogP contribution is 2.30. The molecule has 6 heteroatoms. The molecule has 0 atom stereocenters. The predicted molar refractivity (Wildman–Crippen MR) is 66.5 cm³/mol. The molecule has 2 rings (SSSR count). The predicted octanol–water partition coefficient (Wildman–Crippen LogP) is 1.16. The fraction of sp³-hybridized carbons (Fsp3) is 0.727. The zero-order valence-electron chi connectivity index (χ0n) is 10.6. The highest BCUT2D eigenvalue weighted by atomic mass is 16.5. The average Bonchev–Trinajstić information content (AvgIpc) is 3.13. The maximum atomic E-state index is 5.08. The molecule has 1 fully saturated rings. The fourth-order valence-electron chi connectivity index (χ4n) is 1.61. The van der Waals surface area contributed by atoms with E-state index >= 15 is 0 Å². The van der Waals surface area contributed by atoms with Gasteiger partial charge in [0.05, 0.1) is 7.11 Å². The topological polar surface area (TPSA) is 63.2 Å². The van der Waals surface area contributed by atoms with Crippen LogP contribution in [0.5, 0.6) is 6.01 Å². The largest absolute Gasteiger partial charge is 0.467 e. The lowest BCUT2D eigenvalue weighted by Gasteiger charge is -2.17. The first kappa shape index (κ1) is 11.9. The number of anilines is 2. The van der Waals surface area contributed by atoms with Crippen molar-refractivity contribution in [2.75, 3.05) is 37.5 Å². The van der Waals surface area contributed by atoms with Crippen molar-refractivity contribution in [1.29, 1.82) is 0 Å². The highest BCUT2D eigenvalue weighted by Gasteiger charge is 2.24. The number of methoxy groups -OCH3 is 1. The minimum absolute atomic E-state index is 0.355. The third-order valence-electron chi connectivity index (χ3n) is 2.69. The van der Waals surface area contributed by atoms with Gasteiger partial charge in [0, 0.05) is 20.1 Å². The molecule has 0 aliphatic heterocycles. The van der Waals surface area contributed by atoms with Crippen LogP contribution in [0.2, 0.25) is 0 Å². The minimum Gasteiger partial charge on any atom is -0.467 e. The lowest BCUT2D eigenvalue weighted by atomic mass is 10.4. The Kier molecular flexibility index (Phi) is 3.61. The molecular weight excluding hydrogens is 218 g/mol. The SMILES string of the molecule is CCNc1nc(OC)nc(N(C)CC2CC2)n1. The quantitative estimate of drug-likeness (QED) is 0.801. The van der Waals surface area contributed by atoms with Crippen LogP contribution in [0, 0.1) is 5.92 Å². The Balaban J connectivity index is 2.14. The van der Waals surface area contributed by atoms with Crippen LogP contribution < -0.4 is 15.0 Å². The summed E-state index contributed by atoms with van der Waals surface area (Å²) in [5, 5.41) is 3.08. The average molecular weight is 237 g/mol. The number of hydrogen-bond acceptors (Lipinski definition) is 6. The summed E-state index contributed by atoms with van der Waals surface area (Å²) in [5.74, 6) is 2.03. The van der Waals surface area contributed by atoms with Gasteiger partial charge in [-0.25, -0.2) is 0 Å². The van der Waals surface area contributed by atoms with Gasteiger partial charge in [-0.3, -0.25) is 0 Å². The molecule has 0 spiro atoms. The molecule has 1 aromatic rings. The van der Waals surface area contributed by atoms with Crippen LogP contribution >= 0.6 is 0 Å². The summed E-state index contributed by atoms with van der Waals surface area (Å²) in [6, 6.07) is 0.355. The van der Waals surface area contributed by atoms with Gasteiger partial charge in [-0.05, 0) is 25.7 Å². The van der Waals surface area contributed by atoms with Crippen LogP contribution in [-0.4, -0.2) is 42.2 Å². The third kappa shape index (κ3) is 3.18. The van der Waals surface area contributed by atoms with Gasteiger partial charge in [0.15, 0.2) is 0 Å². The van der Waals surface area contributed by atoms with Crippen LogP contribution in [0.1, 0.15) is 19.8 Å². The van der Waals surface area contributed by atoms with Crippen LogP contribution in [0.4, 0.5) is 11.9 Å². The highest BCUT2D eigenvalue weighted by molar-refractivity contribution is 5.37. The van der Waals surface area contributed by atoms with E-state index in [4.69, 9.17) is 4.74 Å². The molecule has 0 unspecified atom stereocenters. The van der Waals surface area contributed by atoms with Gasteiger partial charge in [-0.2, -0.15) is 15.0 Å². The van der Waals surface area contributed by atoms with E-state index in [1.165, 1.54) is 12.8 Å². The molecule has 94 valence electrons. The normalized spacial score (nSPS) is 14.5. The first-order chi connectivity index (χ1) is 8.22. The summed E-state index contributed by atoms with van der Waals surface area (Å²) >= 11 is 0. The van der Waals surface area contributed by atoms with Gasteiger partial charge >= 0.3 is 6.01 Å². The number of hydrogen-bond donors (Lipinski definition) is 1. The van der Waals surface area contributed by atoms with Gasteiger partial charge in [0.2, 0.25) is 11.9 Å². The van der Waals surface area contributed by atoms with Crippen molar-refractivity contribution < 1.29 is 4.74 Å². The van der Waals surface area contributed by atoms with Crippen molar-refractivity contribution in [1.82, 2.24) is 15.0 Å². The van der Waals surface area contributed by atoms with Gasteiger partial charge in [0.25, 0.3) is 0 Å². The number of rotatable bonds is 6. The monoisotopic (exact) mass is 237 g/mol. The number of ether oxygens (including phenoxy) is 1. The van der Waals surface area contributed by atoms with Crippen molar-refractivity contribution in [2.45, 2.75) is 19.8 Å².